The van der Waals surface area contributed by atoms with Crippen molar-refractivity contribution in [1.82, 2.24) is 5.32 Å². The molecular formula is C13H18N2O4. The van der Waals surface area contributed by atoms with Crippen molar-refractivity contribution in [3.63, 3.8) is 0 Å². The number of benzene rings is 1. The van der Waals surface area contributed by atoms with Crippen LogP contribution in [0.15, 0.2) is 24.3 Å². The van der Waals surface area contributed by atoms with Gasteiger partial charge in [-0.3, -0.25) is 4.79 Å². The summed E-state index contributed by atoms with van der Waals surface area (Å²) in [6, 6.07) is 6.61. The van der Waals surface area contributed by atoms with Gasteiger partial charge >= 0.3 is 0 Å². The van der Waals surface area contributed by atoms with Crippen LogP contribution in [0, 0.1) is 0 Å². The minimum Gasteiger partial charge on any atom is -0.548 e. The average Bonchev–Trinajstić information content (AvgIpc) is 2.36. The van der Waals surface area contributed by atoms with Crippen molar-refractivity contribution in [1.29, 1.82) is 0 Å². The summed E-state index contributed by atoms with van der Waals surface area (Å²) in [6.45, 7) is 0.890. The van der Waals surface area contributed by atoms with Gasteiger partial charge < -0.3 is 24.9 Å². The number of carboxylic acid groups (broad SMARTS) is 1. The molecule has 1 amide bonds. The van der Waals surface area contributed by atoms with Gasteiger partial charge in [0.1, 0.15) is 18.9 Å². The Morgan fingerprint density at radius 2 is 2.11 bits per heavy atom. The Morgan fingerprint density at radius 3 is 2.74 bits per heavy atom. The van der Waals surface area contributed by atoms with Crippen LogP contribution in [0.1, 0.15) is 10.4 Å². The fourth-order valence-electron chi connectivity index (χ4n) is 1.35. The number of hydrogen-bond donors (Lipinski definition) is 2. The highest BCUT2D eigenvalue weighted by atomic mass is 16.5. The lowest BCUT2D eigenvalue weighted by Crippen LogP contribution is -3.06. The van der Waals surface area contributed by atoms with Crippen LogP contribution < -0.4 is 20.1 Å². The molecule has 1 aromatic rings. The van der Waals surface area contributed by atoms with E-state index >= 15 is 0 Å². The molecule has 0 unspecified atom stereocenters. The monoisotopic (exact) mass is 266 g/mol. The first kappa shape index (κ1) is 15.0. The van der Waals surface area contributed by atoms with E-state index < -0.39 is 18.4 Å². The first-order valence-electron chi connectivity index (χ1n) is 5.99. The molecule has 2 N–H and O–H groups in total. The van der Waals surface area contributed by atoms with Crippen molar-refractivity contribution in [3.8, 4) is 5.75 Å². The first-order valence-corrected chi connectivity index (χ1v) is 5.99. The second kappa shape index (κ2) is 7.38. The van der Waals surface area contributed by atoms with Crippen LogP contribution in [0.5, 0.6) is 5.75 Å². The van der Waals surface area contributed by atoms with Crippen LogP contribution >= 0.6 is 0 Å². The van der Waals surface area contributed by atoms with E-state index in [0.717, 1.165) is 6.54 Å². The van der Waals surface area contributed by atoms with Crippen molar-refractivity contribution >= 4 is 11.9 Å². The van der Waals surface area contributed by atoms with E-state index in [0.29, 0.717) is 17.9 Å². The molecule has 0 spiro atoms. The van der Waals surface area contributed by atoms with Gasteiger partial charge in [0.25, 0.3) is 5.91 Å². The molecule has 0 atom stereocenters. The molecule has 6 heteroatoms. The van der Waals surface area contributed by atoms with Gasteiger partial charge in [0.2, 0.25) is 0 Å². The zero-order valence-electron chi connectivity index (χ0n) is 11.1. The summed E-state index contributed by atoms with van der Waals surface area (Å²) < 4.78 is 5.50. The van der Waals surface area contributed by atoms with Gasteiger partial charge in [0, 0.05) is 5.56 Å². The van der Waals surface area contributed by atoms with E-state index in [-0.39, 0.29) is 0 Å². The molecule has 0 fully saturated rings. The number of carboxylic acids is 1. The summed E-state index contributed by atoms with van der Waals surface area (Å²) in [5, 5.41) is 12.5. The Balaban J connectivity index is 2.55. The highest BCUT2D eigenvalue weighted by Gasteiger charge is 2.06. The molecule has 0 aromatic heterocycles. The molecule has 1 aromatic carbocycles. The first-order chi connectivity index (χ1) is 8.99. The number of aliphatic carboxylic acids is 1. The molecule has 0 saturated carbocycles. The molecule has 0 saturated heterocycles. The zero-order valence-corrected chi connectivity index (χ0v) is 11.1. The summed E-state index contributed by atoms with van der Waals surface area (Å²) in [5.74, 6) is -1.20. The van der Waals surface area contributed by atoms with Crippen LogP contribution in [-0.4, -0.2) is 45.7 Å². The average molecular weight is 266 g/mol. The lowest BCUT2D eigenvalue weighted by molar-refractivity contribution is -0.858. The Morgan fingerprint density at radius 1 is 1.37 bits per heavy atom. The van der Waals surface area contributed by atoms with Gasteiger partial charge in [-0.05, 0) is 18.2 Å². The fourth-order valence-corrected chi connectivity index (χ4v) is 1.35. The topological polar surface area (TPSA) is 82.9 Å². The molecule has 0 bridgehead atoms. The van der Waals surface area contributed by atoms with E-state index in [1.807, 2.05) is 14.1 Å². The Bertz CT molecular complexity index is 446. The predicted octanol–water partition coefficient (Wildman–Crippen LogP) is -2.31. The number of carbonyl (C=O) groups is 2. The summed E-state index contributed by atoms with van der Waals surface area (Å²) in [6.07, 6.45) is 0. The standard InChI is InChI=1S/C13H18N2O4/c1-15(2)6-7-19-11-5-3-4-10(8-11)13(18)14-9-12(16)17/h3-5,8H,6-7,9H2,1-2H3,(H,14,18)(H,16,17). The lowest BCUT2D eigenvalue weighted by Gasteiger charge is -2.10. The molecule has 0 radical (unpaired) electrons. The van der Waals surface area contributed by atoms with Crippen LogP contribution in [0.3, 0.4) is 0 Å². The molecule has 19 heavy (non-hydrogen) atoms. The number of rotatable bonds is 7. The van der Waals surface area contributed by atoms with E-state index in [1.165, 1.54) is 4.90 Å². The molecule has 1 rings (SSSR count). The Kier molecular flexibility index (Phi) is 5.81. The normalized spacial score (nSPS) is 10.3. The molecule has 6 nitrogen and oxygen atoms in total. The quantitative estimate of drug-likeness (QED) is 0.581. The number of likely N-dealkylation sites (N-methyl/N-ethyl adjacent to an activating group) is 1. The van der Waals surface area contributed by atoms with Crippen molar-refractivity contribution in [2.45, 2.75) is 0 Å². The third-order valence-electron chi connectivity index (χ3n) is 2.36. The van der Waals surface area contributed by atoms with E-state index in [1.54, 1.807) is 24.3 Å². The largest absolute Gasteiger partial charge is 0.548 e. The van der Waals surface area contributed by atoms with Crippen molar-refractivity contribution in [2.75, 3.05) is 33.8 Å². The highest BCUT2D eigenvalue weighted by molar-refractivity contribution is 5.95. The van der Waals surface area contributed by atoms with Crippen molar-refractivity contribution < 1.29 is 24.3 Å². The molecule has 104 valence electrons. The van der Waals surface area contributed by atoms with Gasteiger partial charge in [-0.2, -0.15) is 0 Å². The molecule has 0 aliphatic rings. The Labute approximate surface area is 112 Å². The maximum absolute atomic E-state index is 11.6. The molecular weight excluding hydrogens is 248 g/mol. The SMILES string of the molecule is C[NH+](C)CCOc1cccc(C(=O)NCC(=O)[O-])c1. The maximum atomic E-state index is 11.6. The third-order valence-corrected chi connectivity index (χ3v) is 2.36. The number of amides is 1. The summed E-state index contributed by atoms with van der Waals surface area (Å²) in [7, 11) is 4.04. The minimum absolute atomic E-state index is 0.357. The lowest BCUT2D eigenvalue weighted by atomic mass is 10.2. The summed E-state index contributed by atoms with van der Waals surface area (Å²) in [5.41, 5.74) is 0.357. The van der Waals surface area contributed by atoms with Gasteiger partial charge in [-0.25, -0.2) is 0 Å². The third kappa shape index (κ3) is 5.87. The zero-order chi connectivity index (χ0) is 14.3. The fraction of sp³-hybridized carbons (Fsp3) is 0.385. The van der Waals surface area contributed by atoms with Crippen LogP contribution in [0.4, 0.5) is 0 Å². The number of nitrogens with one attached hydrogen (secondary N) is 2. The van der Waals surface area contributed by atoms with E-state index in [9.17, 15) is 14.7 Å². The van der Waals surface area contributed by atoms with Crippen molar-refractivity contribution in [3.05, 3.63) is 29.8 Å². The van der Waals surface area contributed by atoms with Crippen LogP contribution in [-0.2, 0) is 4.79 Å². The van der Waals surface area contributed by atoms with E-state index in [4.69, 9.17) is 4.74 Å². The second-order valence-corrected chi connectivity index (χ2v) is 4.39. The molecule has 0 aliphatic heterocycles. The number of quaternary nitrogens is 1. The maximum Gasteiger partial charge on any atom is 0.251 e. The van der Waals surface area contributed by atoms with Gasteiger partial charge in [-0.1, -0.05) is 6.07 Å². The van der Waals surface area contributed by atoms with Gasteiger partial charge in [-0.15, -0.1) is 0 Å². The second-order valence-electron chi connectivity index (χ2n) is 4.39. The number of ether oxygens (including phenoxy) is 1. The predicted molar refractivity (Wildman–Crippen MR) is 67.0 cm³/mol. The van der Waals surface area contributed by atoms with Crippen molar-refractivity contribution in [2.24, 2.45) is 0 Å². The molecule has 0 aliphatic carbocycles. The van der Waals surface area contributed by atoms with E-state index in [2.05, 4.69) is 5.32 Å². The minimum atomic E-state index is -1.32. The highest BCUT2D eigenvalue weighted by Crippen LogP contribution is 2.12. The smallest absolute Gasteiger partial charge is 0.251 e. The van der Waals surface area contributed by atoms with Gasteiger partial charge in [0.05, 0.1) is 26.6 Å². The summed E-state index contributed by atoms with van der Waals surface area (Å²) in [4.78, 5) is 23.1. The summed E-state index contributed by atoms with van der Waals surface area (Å²) >= 11 is 0. The van der Waals surface area contributed by atoms with Crippen LogP contribution in [0.2, 0.25) is 0 Å². The number of carbonyl (C=O) groups excluding carboxylic acids is 2. The Hall–Kier alpha value is -2.08. The number of hydrogen-bond acceptors (Lipinski definition) is 4. The van der Waals surface area contributed by atoms with Gasteiger partial charge in [0.15, 0.2) is 0 Å². The van der Waals surface area contributed by atoms with Crippen LogP contribution in [0.25, 0.3) is 0 Å². The molecule has 0 heterocycles.